The molecule has 16 heavy (non-hydrogen) atoms. The second kappa shape index (κ2) is 5.99. The summed E-state index contributed by atoms with van der Waals surface area (Å²) in [5.41, 5.74) is 0. The monoisotopic (exact) mass is 226 g/mol. The lowest BCUT2D eigenvalue weighted by molar-refractivity contribution is 0.0419. The average molecular weight is 226 g/mol. The van der Waals surface area contributed by atoms with E-state index in [9.17, 15) is 5.11 Å². The van der Waals surface area contributed by atoms with E-state index in [1.165, 1.54) is 38.5 Å². The molecule has 1 aliphatic heterocycles. The van der Waals surface area contributed by atoms with E-state index in [1.54, 1.807) is 0 Å². The van der Waals surface area contributed by atoms with Crippen molar-refractivity contribution in [3.8, 4) is 0 Å². The van der Waals surface area contributed by atoms with Gasteiger partial charge in [-0.15, -0.1) is 0 Å². The largest absolute Gasteiger partial charge is 0.395 e. The van der Waals surface area contributed by atoms with Crippen LogP contribution in [0.5, 0.6) is 0 Å². The van der Waals surface area contributed by atoms with E-state index in [0.29, 0.717) is 18.7 Å². The lowest BCUT2D eigenvalue weighted by Crippen LogP contribution is -2.59. The molecule has 0 aromatic carbocycles. The molecule has 1 saturated heterocycles. The smallest absolute Gasteiger partial charge is 0.0599 e. The molecule has 0 aromatic heterocycles. The quantitative estimate of drug-likeness (QED) is 0.698. The molecule has 0 amide bonds. The SMILES string of the molecule is CC1CN(C2CCCCCC2)C(CO)CN1. The van der Waals surface area contributed by atoms with Gasteiger partial charge in [0, 0.05) is 31.2 Å². The highest BCUT2D eigenvalue weighted by atomic mass is 16.3. The highest BCUT2D eigenvalue weighted by Crippen LogP contribution is 2.24. The number of piperazine rings is 1. The maximum atomic E-state index is 9.47. The van der Waals surface area contributed by atoms with Gasteiger partial charge in [-0.1, -0.05) is 25.7 Å². The van der Waals surface area contributed by atoms with Crippen molar-refractivity contribution in [1.82, 2.24) is 10.2 Å². The fourth-order valence-electron chi connectivity index (χ4n) is 3.19. The molecule has 2 rings (SSSR count). The number of aliphatic hydroxyl groups is 1. The van der Waals surface area contributed by atoms with E-state index in [0.717, 1.165) is 19.1 Å². The van der Waals surface area contributed by atoms with Crippen LogP contribution in [0.4, 0.5) is 0 Å². The molecule has 2 atom stereocenters. The van der Waals surface area contributed by atoms with Crippen LogP contribution in [0.25, 0.3) is 0 Å². The Morgan fingerprint density at radius 1 is 1.19 bits per heavy atom. The third-order valence-corrected chi connectivity index (χ3v) is 4.16. The number of hydrogen-bond acceptors (Lipinski definition) is 3. The lowest BCUT2D eigenvalue weighted by atomic mass is 10.0. The molecule has 1 heterocycles. The molecule has 2 aliphatic rings. The minimum absolute atomic E-state index is 0.302. The van der Waals surface area contributed by atoms with Crippen LogP contribution in [0.1, 0.15) is 45.4 Å². The van der Waals surface area contributed by atoms with Crippen LogP contribution in [-0.4, -0.2) is 47.8 Å². The lowest BCUT2D eigenvalue weighted by Gasteiger charge is -2.43. The van der Waals surface area contributed by atoms with Gasteiger partial charge in [0.2, 0.25) is 0 Å². The number of hydrogen-bond donors (Lipinski definition) is 2. The van der Waals surface area contributed by atoms with E-state index in [2.05, 4.69) is 17.1 Å². The van der Waals surface area contributed by atoms with Crippen LogP contribution in [0.15, 0.2) is 0 Å². The molecule has 3 nitrogen and oxygen atoms in total. The van der Waals surface area contributed by atoms with Crippen molar-refractivity contribution in [2.24, 2.45) is 0 Å². The predicted octanol–water partition coefficient (Wildman–Crippen LogP) is 1.36. The summed E-state index contributed by atoms with van der Waals surface area (Å²) in [7, 11) is 0. The molecule has 0 bridgehead atoms. The number of rotatable bonds is 2. The number of aliphatic hydroxyl groups excluding tert-OH is 1. The van der Waals surface area contributed by atoms with Crippen LogP contribution in [-0.2, 0) is 0 Å². The number of nitrogens with zero attached hydrogens (tertiary/aromatic N) is 1. The minimum Gasteiger partial charge on any atom is -0.395 e. The van der Waals surface area contributed by atoms with Gasteiger partial charge in [0.1, 0.15) is 0 Å². The molecule has 1 saturated carbocycles. The van der Waals surface area contributed by atoms with E-state index >= 15 is 0 Å². The first-order chi connectivity index (χ1) is 7.81. The maximum absolute atomic E-state index is 9.47. The predicted molar refractivity (Wildman–Crippen MR) is 66.5 cm³/mol. The maximum Gasteiger partial charge on any atom is 0.0599 e. The van der Waals surface area contributed by atoms with Crippen molar-refractivity contribution in [2.45, 2.75) is 63.6 Å². The van der Waals surface area contributed by atoms with Crippen molar-refractivity contribution in [3.63, 3.8) is 0 Å². The Morgan fingerprint density at radius 2 is 1.88 bits per heavy atom. The summed E-state index contributed by atoms with van der Waals surface area (Å²) < 4.78 is 0. The van der Waals surface area contributed by atoms with Gasteiger partial charge in [0.15, 0.2) is 0 Å². The highest BCUT2D eigenvalue weighted by Gasteiger charge is 2.30. The summed E-state index contributed by atoms with van der Waals surface area (Å²) in [6, 6.07) is 1.65. The van der Waals surface area contributed by atoms with Gasteiger partial charge in [0.25, 0.3) is 0 Å². The minimum atomic E-state index is 0.302. The summed E-state index contributed by atoms with van der Waals surface area (Å²) in [6.07, 6.45) is 8.23. The van der Waals surface area contributed by atoms with Crippen molar-refractivity contribution in [2.75, 3.05) is 19.7 Å². The molecule has 0 radical (unpaired) electrons. The zero-order chi connectivity index (χ0) is 11.4. The first kappa shape index (κ1) is 12.3. The van der Waals surface area contributed by atoms with E-state index in [4.69, 9.17) is 0 Å². The Bertz CT molecular complexity index is 202. The van der Waals surface area contributed by atoms with Crippen molar-refractivity contribution < 1.29 is 5.11 Å². The van der Waals surface area contributed by atoms with E-state index in [1.807, 2.05) is 0 Å². The molecule has 94 valence electrons. The molecule has 2 N–H and O–H groups in total. The van der Waals surface area contributed by atoms with Gasteiger partial charge in [-0.3, -0.25) is 4.90 Å². The van der Waals surface area contributed by atoms with Gasteiger partial charge in [-0.2, -0.15) is 0 Å². The molecular weight excluding hydrogens is 200 g/mol. The fraction of sp³-hybridized carbons (Fsp3) is 1.00. The van der Waals surface area contributed by atoms with Gasteiger partial charge in [-0.05, 0) is 19.8 Å². The second-order valence-electron chi connectivity index (χ2n) is 5.49. The summed E-state index contributed by atoms with van der Waals surface area (Å²) in [6.45, 7) is 4.61. The first-order valence-electron chi connectivity index (χ1n) is 6.91. The van der Waals surface area contributed by atoms with Crippen LogP contribution in [0.2, 0.25) is 0 Å². The Hall–Kier alpha value is -0.120. The molecule has 2 unspecified atom stereocenters. The summed E-state index contributed by atoms with van der Waals surface area (Å²) in [5.74, 6) is 0. The fourth-order valence-corrected chi connectivity index (χ4v) is 3.19. The number of nitrogens with one attached hydrogen (secondary N) is 1. The Labute approximate surface area is 99.2 Å². The third-order valence-electron chi connectivity index (χ3n) is 4.16. The summed E-state index contributed by atoms with van der Waals surface area (Å²) >= 11 is 0. The van der Waals surface area contributed by atoms with Gasteiger partial charge >= 0.3 is 0 Å². The molecule has 3 heteroatoms. The first-order valence-corrected chi connectivity index (χ1v) is 6.91. The van der Waals surface area contributed by atoms with Crippen LogP contribution >= 0.6 is 0 Å². The third kappa shape index (κ3) is 2.96. The standard InChI is InChI=1S/C13H26N2O/c1-11-9-15(13(10-16)8-14-11)12-6-4-2-3-5-7-12/h11-14,16H,2-10H2,1H3. The molecule has 1 aliphatic carbocycles. The molecule has 0 spiro atoms. The topological polar surface area (TPSA) is 35.5 Å². The Kier molecular flexibility index (Phi) is 4.62. The van der Waals surface area contributed by atoms with Crippen molar-refractivity contribution in [3.05, 3.63) is 0 Å². The van der Waals surface area contributed by atoms with E-state index < -0.39 is 0 Å². The molecular formula is C13H26N2O. The summed E-state index contributed by atoms with van der Waals surface area (Å²) in [4.78, 5) is 2.58. The second-order valence-corrected chi connectivity index (χ2v) is 5.49. The zero-order valence-corrected chi connectivity index (χ0v) is 10.5. The van der Waals surface area contributed by atoms with Crippen molar-refractivity contribution >= 4 is 0 Å². The van der Waals surface area contributed by atoms with Gasteiger partial charge < -0.3 is 10.4 Å². The zero-order valence-electron chi connectivity index (χ0n) is 10.5. The molecule has 2 fully saturated rings. The van der Waals surface area contributed by atoms with Crippen LogP contribution in [0.3, 0.4) is 0 Å². The Morgan fingerprint density at radius 3 is 2.50 bits per heavy atom. The van der Waals surface area contributed by atoms with Crippen molar-refractivity contribution in [1.29, 1.82) is 0 Å². The van der Waals surface area contributed by atoms with E-state index in [-0.39, 0.29) is 0 Å². The van der Waals surface area contributed by atoms with Crippen LogP contribution in [0, 0.1) is 0 Å². The van der Waals surface area contributed by atoms with Gasteiger partial charge in [-0.25, -0.2) is 0 Å². The van der Waals surface area contributed by atoms with Crippen LogP contribution < -0.4 is 5.32 Å². The molecule has 0 aromatic rings. The Balaban J connectivity index is 1.97. The van der Waals surface area contributed by atoms with Gasteiger partial charge in [0.05, 0.1) is 6.61 Å². The summed E-state index contributed by atoms with van der Waals surface area (Å²) in [5, 5.41) is 12.9. The average Bonchev–Trinajstić information content (AvgIpc) is 2.57. The normalized spacial score (nSPS) is 34.9. The highest BCUT2D eigenvalue weighted by molar-refractivity contribution is 4.88.